The molecule has 0 spiro atoms. The Hall–Kier alpha value is -0.790. The molecular formula is C7H12N2. The van der Waals surface area contributed by atoms with Crippen LogP contribution in [0.1, 0.15) is 27.7 Å². The Bertz CT molecular complexity index is 207. The topological polar surface area (TPSA) is 17.8 Å². The van der Waals surface area contributed by atoms with Gasteiger partial charge in [0, 0.05) is 18.4 Å². The van der Waals surface area contributed by atoms with Crippen molar-refractivity contribution in [2.45, 2.75) is 26.3 Å². The van der Waals surface area contributed by atoms with Crippen molar-refractivity contribution in [3.63, 3.8) is 0 Å². The molecule has 1 heterocycles. The van der Waals surface area contributed by atoms with Crippen molar-refractivity contribution in [3.05, 3.63) is 18.4 Å². The van der Waals surface area contributed by atoms with E-state index in [1.165, 1.54) is 0 Å². The summed E-state index contributed by atoms with van der Waals surface area (Å²) in [6.45, 7) is 4.20. The molecule has 0 aliphatic carbocycles. The first-order chi connectivity index (χ1) is 4.74. The van der Waals surface area contributed by atoms with Gasteiger partial charge in [0.25, 0.3) is 0 Å². The largest absolute Gasteiger partial charge is 0.270 e. The van der Waals surface area contributed by atoms with Crippen molar-refractivity contribution >= 4 is 0 Å². The van der Waals surface area contributed by atoms with Gasteiger partial charge in [0.1, 0.15) is 0 Å². The van der Waals surface area contributed by atoms with Crippen LogP contribution in [-0.2, 0) is 0 Å². The average molecular weight is 125 g/mol. The Morgan fingerprint density at radius 1 is 1.89 bits per heavy atom. The van der Waals surface area contributed by atoms with Gasteiger partial charge in [0.05, 0.1) is 1.37 Å². The summed E-state index contributed by atoms with van der Waals surface area (Å²) in [7, 11) is 0. The minimum atomic E-state index is 0.416. The van der Waals surface area contributed by atoms with Crippen LogP contribution in [0.25, 0.3) is 0 Å². The fourth-order valence-corrected chi connectivity index (χ4v) is 0.671. The minimum absolute atomic E-state index is 0.416. The smallest absolute Gasteiger partial charge is 0.0656 e. The maximum atomic E-state index is 7.20. The van der Waals surface area contributed by atoms with E-state index < -0.39 is 0 Å². The van der Waals surface area contributed by atoms with Crippen LogP contribution in [0, 0.1) is 0 Å². The number of aromatic nitrogens is 2. The van der Waals surface area contributed by atoms with E-state index in [2.05, 4.69) is 18.9 Å². The van der Waals surface area contributed by atoms with Crippen LogP contribution in [0.5, 0.6) is 0 Å². The lowest BCUT2D eigenvalue weighted by Crippen LogP contribution is -2.03. The highest BCUT2D eigenvalue weighted by Gasteiger charge is 1.97. The third-order valence-electron chi connectivity index (χ3n) is 1.51. The molecule has 0 N–H and O–H groups in total. The molecule has 1 aromatic rings. The molecule has 2 heteroatoms. The van der Waals surface area contributed by atoms with Gasteiger partial charge < -0.3 is 0 Å². The predicted octanol–water partition coefficient (Wildman–Crippen LogP) is 1.85. The van der Waals surface area contributed by atoms with Crippen molar-refractivity contribution < 1.29 is 1.37 Å². The zero-order chi connectivity index (χ0) is 7.56. The molecule has 0 fully saturated rings. The van der Waals surface area contributed by atoms with Gasteiger partial charge in [-0.05, 0) is 19.4 Å². The van der Waals surface area contributed by atoms with Crippen LogP contribution in [0.2, 0.25) is 0 Å². The van der Waals surface area contributed by atoms with Crippen LogP contribution >= 0.6 is 0 Å². The van der Waals surface area contributed by atoms with Crippen molar-refractivity contribution in [2.24, 2.45) is 0 Å². The predicted molar refractivity (Wildman–Crippen MR) is 37.2 cm³/mol. The van der Waals surface area contributed by atoms with E-state index in [0.717, 1.165) is 6.42 Å². The third kappa shape index (κ3) is 1.31. The van der Waals surface area contributed by atoms with Gasteiger partial charge in [-0.15, -0.1) is 0 Å². The van der Waals surface area contributed by atoms with E-state index in [1.807, 2.05) is 4.68 Å². The lowest BCUT2D eigenvalue weighted by molar-refractivity contribution is 0.478. The van der Waals surface area contributed by atoms with E-state index >= 15 is 0 Å². The van der Waals surface area contributed by atoms with E-state index in [0.29, 0.717) is 12.1 Å². The normalized spacial score (nSPS) is 15.1. The van der Waals surface area contributed by atoms with E-state index in [1.54, 1.807) is 12.4 Å². The van der Waals surface area contributed by atoms with E-state index in [-0.39, 0.29) is 0 Å². The molecule has 0 aliphatic heterocycles. The fraction of sp³-hybridized carbons (Fsp3) is 0.571. The summed E-state index contributed by atoms with van der Waals surface area (Å²) >= 11 is 0. The molecule has 0 saturated heterocycles. The van der Waals surface area contributed by atoms with Gasteiger partial charge in [-0.2, -0.15) is 5.10 Å². The Morgan fingerprint density at radius 2 is 2.67 bits per heavy atom. The molecule has 9 heavy (non-hydrogen) atoms. The van der Waals surface area contributed by atoms with Crippen molar-refractivity contribution in [2.75, 3.05) is 0 Å². The first-order valence-electron chi connectivity index (χ1n) is 3.74. The Kier molecular flexibility index (Phi) is 1.49. The van der Waals surface area contributed by atoms with Crippen molar-refractivity contribution in [1.82, 2.24) is 9.78 Å². The quantitative estimate of drug-likeness (QED) is 0.589. The summed E-state index contributed by atoms with van der Waals surface area (Å²) in [5.74, 6) is 0. The molecule has 1 unspecified atom stereocenters. The van der Waals surface area contributed by atoms with E-state index in [4.69, 9.17) is 1.37 Å². The lowest BCUT2D eigenvalue weighted by atomic mass is 10.3. The van der Waals surface area contributed by atoms with Crippen LogP contribution < -0.4 is 0 Å². The lowest BCUT2D eigenvalue weighted by Gasteiger charge is -2.06. The summed E-state index contributed by atoms with van der Waals surface area (Å²) in [5, 5.41) is 4.02. The summed E-state index contributed by atoms with van der Waals surface area (Å²) in [6, 6.07) is 0.902. The Morgan fingerprint density at radius 3 is 3.11 bits per heavy atom. The van der Waals surface area contributed by atoms with Crippen LogP contribution in [-0.4, -0.2) is 9.78 Å². The van der Waals surface area contributed by atoms with Crippen LogP contribution in [0.4, 0.5) is 0 Å². The molecule has 1 rings (SSSR count). The van der Waals surface area contributed by atoms with Crippen LogP contribution in [0.15, 0.2) is 18.4 Å². The second-order valence-electron chi connectivity index (χ2n) is 2.18. The first-order valence-corrected chi connectivity index (χ1v) is 3.24. The zero-order valence-corrected chi connectivity index (χ0v) is 5.83. The number of rotatable bonds is 2. The van der Waals surface area contributed by atoms with Gasteiger partial charge >= 0.3 is 0 Å². The maximum absolute atomic E-state index is 7.20. The number of hydrogen-bond acceptors (Lipinski definition) is 1. The molecule has 0 bridgehead atoms. The molecular weight excluding hydrogens is 112 g/mol. The summed E-state index contributed by atoms with van der Waals surface area (Å²) in [5.41, 5.74) is 0. The molecule has 1 aromatic heterocycles. The van der Waals surface area contributed by atoms with Gasteiger partial charge in [-0.1, -0.05) is 6.92 Å². The van der Waals surface area contributed by atoms with Gasteiger partial charge in [-0.25, -0.2) is 0 Å². The molecule has 1 atom stereocenters. The SMILES string of the molecule is [2H]c1cnn(C(C)CC)c1. The summed E-state index contributed by atoms with van der Waals surface area (Å²) in [4.78, 5) is 0. The Balaban J connectivity index is 2.74. The van der Waals surface area contributed by atoms with E-state index in [9.17, 15) is 0 Å². The highest BCUT2D eigenvalue weighted by molar-refractivity contribution is 4.79. The van der Waals surface area contributed by atoms with Gasteiger partial charge in [0.15, 0.2) is 0 Å². The second-order valence-corrected chi connectivity index (χ2v) is 2.18. The fourth-order valence-electron chi connectivity index (χ4n) is 0.671. The molecule has 2 nitrogen and oxygen atoms in total. The number of nitrogens with zero attached hydrogens (tertiary/aromatic N) is 2. The monoisotopic (exact) mass is 125 g/mol. The molecule has 0 amide bonds. The Labute approximate surface area is 56.9 Å². The molecule has 0 aliphatic rings. The standard InChI is InChI=1S/C7H12N2/c1-3-7(2)9-6-4-5-8-9/h4-7H,3H2,1-2H3/i4D. The minimum Gasteiger partial charge on any atom is -0.270 e. The molecule has 0 aromatic carbocycles. The van der Waals surface area contributed by atoms with Crippen LogP contribution in [0.3, 0.4) is 0 Å². The molecule has 0 saturated carbocycles. The summed E-state index contributed by atoms with van der Waals surface area (Å²) < 4.78 is 9.02. The average Bonchev–Trinajstić information content (AvgIpc) is 2.34. The second kappa shape index (κ2) is 2.67. The van der Waals surface area contributed by atoms with Crippen molar-refractivity contribution in [3.8, 4) is 0 Å². The molecule has 50 valence electrons. The summed E-state index contributed by atoms with van der Waals surface area (Å²) in [6.07, 6.45) is 4.36. The zero-order valence-electron chi connectivity index (χ0n) is 6.83. The maximum Gasteiger partial charge on any atom is 0.0656 e. The van der Waals surface area contributed by atoms with Gasteiger partial charge in [0.2, 0.25) is 0 Å². The van der Waals surface area contributed by atoms with Crippen molar-refractivity contribution in [1.29, 1.82) is 0 Å². The molecule has 0 radical (unpaired) electrons. The third-order valence-corrected chi connectivity index (χ3v) is 1.51. The highest BCUT2D eigenvalue weighted by Crippen LogP contribution is 2.05. The number of hydrogen-bond donors (Lipinski definition) is 0. The highest BCUT2D eigenvalue weighted by atomic mass is 15.3. The first kappa shape index (κ1) is 5.03. The van der Waals surface area contributed by atoms with Gasteiger partial charge in [-0.3, -0.25) is 4.68 Å².